The van der Waals surface area contributed by atoms with Gasteiger partial charge in [0.05, 0.1) is 12.1 Å². The summed E-state index contributed by atoms with van der Waals surface area (Å²) in [6.07, 6.45) is 0.376. The maximum absolute atomic E-state index is 12.0. The number of hydrogen-bond acceptors (Lipinski definition) is 4. The van der Waals surface area contributed by atoms with E-state index in [0.29, 0.717) is 12.8 Å². The molecule has 0 aliphatic carbocycles. The molecule has 0 heterocycles. The van der Waals surface area contributed by atoms with Crippen LogP contribution < -0.4 is 5.32 Å². The number of rotatable bonds is 7. The van der Waals surface area contributed by atoms with Gasteiger partial charge in [-0.1, -0.05) is 30.3 Å². The van der Waals surface area contributed by atoms with Gasteiger partial charge in [0.1, 0.15) is 5.60 Å². The van der Waals surface area contributed by atoms with E-state index in [2.05, 4.69) is 9.84 Å². The molecule has 0 aliphatic rings. The predicted molar refractivity (Wildman–Crippen MR) is 90.5 cm³/mol. The number of amides is 1. The number of aryl methyl sites for hydroxylation is 1. The van der Waals surface area contributed by atoms with Gasteiger partial charge in [-0.2, -0.15) is 0 Å². The Morgan fingerprint density at radius 2 is 1.75 bits per heavy atom. The fraction of sp³-hybridized carbons (Fsp3) is 0.562. The number of carbonyl (C=O) groups excluding carboxylic acids is 1. The highest BCUT2D eigenvalue weighted by atomic mass is 31.2. The third-order valence-electron chi connectivity index (χ3n) is 3.16. The third-order valence-corrected chi connectivity index (χ3v) is 3.63. The van der Waals surface area contributed by atoms with Crippen molar-refractivity contribution in [1.82, 2.24) is 5.32 Å². The Morgan fingerprint density at radius 3 is 2.25 bits per heavy atom. The summed E-state index contributed by atoms with van der Waals surface area (Å²) in [6.45, 7) is 6.54. The molecule has 3 N–H and O–H groups in total. The van der Waals surface area contributed by atoms with Gasteiger partial charge in [0, 0.05) is 0 Å². The second kappa shape index (κ2) is 8.12. The first-order valence-electron chi connectivity index (χ1n) is 7.64. The molecule has 0 saturated heterocycles. The van der Waals surface area contributed by atoms with E-state index in [-0.39, 0.29) is 6.61 Å². The van der Waals surface area contributed by atoms with Crippen LogP contribution in [0.3, 0.4) is 0 Å². The molecule has 1 aromatic rings. The molecular weight excluding hydrogens is 333 g/mol. The van der Waals surface area contributed by atoms with E-state index in [1.165, 1.54) is 0 Å². The molecule has 1 aromatic carbocycles. The van der Waals surface area contributed by atoms with Crippen LogP contribution >= 0.6 is 7.82 Å². The van der Waals surface area contributed by atoms with Crippen molar-refractivity contribution in [1.29, 1.82) is 0 Å². The van der Waals surface area contributed by atoms with E-state index in [4.69, 9.17) is 14.5 Å². The smallest absolute Gasteiger partial charge is 0.444 e. The fourth-order valence-corrected chi connectivity index (χ4v) is 2.47. The van der Waals surface area contributed by atoms with Crippen molar-refractivity contribution in [3.05, 3.63) is 35.9 Å². The Balaban J connectivity index is 2.77. The third kappa shape index (κ3) is 9.03. The first kappa shape index (κ1) is 20.6. The molecule has 0 saturated carbocycles. The van der Waals surface area contributed by atoms with Crippen LogP contribution in [0, 0.1) is 0 Å². The van der Waals surface area contributed by atoms with Crippen molar-refractivity contribution in [2.45, 2.75) is 51.7 Å². The number of nitrogens with one attached hydrogen (secondary N) is 1. The SMILES string of the molecule is CC(C)(C)OC(=O)N[C@](C)(CCc1ccccc1)COP(=O)(O)O. The highest BCUT2D eigenvalue weighted by Crippen LogP contribution is 2.37. The summed E-state index contributed by atoms with van der Waals surface area (Å²) < 4.78 is 20.8. The minimum Gasteiger partial charge on any atom is -0.444 e. The zero-order valence-electron chi connectivity index (χ0n) is 14.5. The second-order valence-corrected chi connectivity index (χ2v) is 8.18. The van der Waals surface area contributed by atoms with E-state index in [1.54, 1.807) is 27.7 Å². The molecular formula is C16H26NO6P. The van der Waals surface area contributed by atoms with Gasteiger partial charge in [-0.3, -0.25) is 4.52 Å². The second-order valence-electron chi connectivity index (χ2n) is 6.94. The molecule has 1 atom stereocenters. The quantitative estimate of drug-likeness (QED) is 0.647. The first-order chi connectivity index (χ1) is 10.9. The van der Waals surface area contributed by atoms with E-state index >= 15 is 0 Å². The summed E-state index contributed by atoms with van der Waals surface area (Å²) in [5.41, 5.74) is -0.612. The van der Waals surface area contributed by atoms with Crippen LogP contribution in [0.2, 0.25) is 0 Å². The van der Waals surface area contributed by atoms with Gasteiger partial charge in [0.25, 0.3) is 0 Å². The van der Waals surface area contributed by atoms with Gasteiger partial charge in [-0.05, 0) is 46.1 Å². The molecule has 7 nitrogen and oxygen atoms in total. The van der Waals surface area contributed by atoms with Crippen molar-refractivity contribution < 1.29 is 28.4 Å². The van der Waals surface area contributed by atoms with Crippen LogP contribution in [-0.4, -0.2) is 33.6 Å². The molecule has 0 fully saturated rings. The van der Waals surface area contributed by atoms with E-state index < -0.39 is 25.1 Å². The average molecular weight is 359 g/mol. The van der Waals surface area contributed by atoms with Crippen LogP contribution in [0.4, 0.5) is 4.79 Å². The highest BCUT2D eigenvalue weighted by molar-refractivity contribution is 7.46. The molecule has 136 valence electrons. The number of benzene rings is 1. The predicted octanol–water partition coefficient (Wildman–Crippen LogP) is 3.01. The lowest BCUT2D eigenvalue weighted by Crippen LogP contribution is -2.51. The Bertz CT molecular complexity index is 580. The summed E-state index contributed by atoms with van der Waals surface area (Å²) in [5.74, 6) is 0. The minimum atomic E-state index is -4.63. The van der Waals surface area contributed by atoms with E-state index in [1.807, 2.05) is 30.3 Å². The number of alkyl carbamates (subject to hydrolysis) is 1. The number of phosphoric acid groups is 1. The lowest BCUT2D eigenvalue weighted by atomic mass is 9.94. The molecule has 0 aliphatic heterocycles. The van der Waals surface area contributed by atoms with Crippen molar-refractivity contribution in [3.8, 4) is 0 Å². The van der Waals surface area contributed by atoms with Gasteiger partial charge in [0.2, 0.25) is 0 Å². The standard InChI is InChI=1S/C16H26NO6P/c1-15(2,3)23-14(18)17-16(4,12-22-24(19,20)21)11-10-13-8-6-5-7-9-13/h5-9H,10-12H2,1-4H3,(H,17,18)(H2,19,20,21)/t16-/m1/s1. The molecule has 0 radical (unpaired) electrons. The summed E-state index contributed by atoms with van der Waals surface area (Å²) in [4.78, 5) is 29.9. The molecule has 24 heavy (non-hydrogen) atoms. The summed E-state index contributed by atoms with van der Waals surface area (Å²) in [5, 5.41) is 2.66. The number of ether oxygens (including phenoxy) is 1. The fourth-order valence-electron chi connectivity index (χ4n) is 2.01. The van der Waals surface area contributed by atoms with Crippen LogP contribution in [0.15, 0.2) is 30.3 Å². The van der Waals surface area contributed by atoms with Crippen molar-refractivity contribution in [2.75, 3.05) is 6.61 Å². The van der Waals surface area contributed by atoms with Crippen LogP contribution in [0.5, 0.6) is 0 Å². The number of carbonyl (C=O) groups is 1. The van der Waals surface area contributed by atoms with Gasteiger partial charge in [0.15, 0.2) is 0 Å². The summed E-state index contributed by atoms with van der Waals surface area (Å²) >= 11 is 0. The largest absolute Gasteiger partial charge is 0.469 e. The van der Waals surface area contributed by atoms with Gasteiger partial charge in [-0.15, -0.1) is 0 Å². The maximum Gasteiger partial charge on any atom is 0.469 e. The first-order valence-corrected chi connectivity index (χ1v) is 9.17. The average Bonchev–Trinajstić information content (AvgIpc) is 2.42. The molecule has 1 rings (SSSR count). The Hall–Kier alpha value is -1.40. The van der Waals surface area contributed by atoms with Crippen LogP contribution in [0.25, 0.3) is 0 Å². The molecule has 1 amide bonds. The molecule has 0 bridgehead atoms. The molecule has 0 unspecified atom stereocenters. The van der Waals surface area contributed by atoms with Crippen LogP contribution in [-0.2, 0) is 20.2 Å². The summed E-state index contributed by atoms with van der Waals surface area (Å²) in [6, 6.07) is 9.59. The normalized spacial score (nSPS) is 14.8. The number of phosphoric ester groups is 1. The molecule has 0 aromatic heterocycles. The van der Waals surface area contributed by atoms with Crippen molar-refractivity contribution in [3.63, 3.8) is 0 Å². The maximum atomic E-state index is 12.0. The summed E-state index contributed by atoms with van der Waals surface area (Å²) in [7, 11) is -4.63. The van der Waals surface area contributed by atoms with E-state index in [0.717, 1.165) is 5.56 Å². The Labute approximate surface area is 142 Å². The van der Waals surface area contributed by atoms with Gasteiger partial charge in [-0.25, -0.2) is 9.36 Å². The topological polar surface area (TPSA) is 105 Å². The lowest BCUT2D eigenvalue weighted by Gasteiger charge is -2.32. The Morgan fingerprint density at radius 1 is 1.17 bits per heavy atom. The lowest BCUT2D eigenvalue weighted by molar-refractivity contribution is 0.0399. The highest BCUT2D eigenvalue weighted by Gasteiger charge is 2.32. The monoisotopic (exact) mass is 359 g/mol. The van der Waals surface area contributed by atoms with Crippen molar-refractivity contribution in [2.24, 2.45) is 0 Å². The van der Waals surface area contributed by atoms with E-state index in [9.17, 15) is 9.36 Å². The minimum absolute atomic E-state index is 0.330. The molecule has 8 heteroatoms. The number of hydrogen-bond donors (Lipinski definition) is 3. The zero-order chi connectivity index (χ0) is 18.4. The van der Waals surface area contributed by atoms with Crippen molar-refractivity contribution >= 4 is 13.9 Å². The van der Waals surface area contributed by atoms with Crippen LogP contribution in [0.1, 0.15) is 39.7 Å². The zero-order valence-corrected chi connectivity index (χ0v) is 15.4. The Kier molecular flexibility index (Phi) is 6.98. The molecule has 0 spiro atoms. The van der Waals surface area contributed by atoms with Gasteiger partial charge >= 0.3 is 13.9 Å². The van der Waals surface area contributed by atoms with Gasteiger partial charge < -0.3 is 19.8 Å².